The third-order valence-electron chi connectivity index (χ3n) is 4.02. The van der Waals surface area contributed by atoms with E-state index in [-0.39, 0.29) is 17.8 Å². The molecule has 0 spiro atoms. The van der Waals surface area contributed by atoms with E-state index in [1.165, 1.54) is 36.5 Å². The average molecular weight is 373 g/mol. The summed E-state index contributed by atoms with van der Waals surface area (Å²) < 4.78 is 47.0. The molecule has 8 heteroatoms. The zero-order valence-electron chi connectivity index (χ0n) is 14.2. The number of hydrogen-bond acceptors (Lipinski definition) is 4. The number of nitrogens with zero attached hydrogens (tertiary/aromatic N) is 3. The van der Waals surface area contributed by atoms with Gasteiger partial charge in [0.05, 0.1) is 5.56 Å². The molecule has 0 saturated carbocycles. The monoisotopic (exact) mass is 373 g/mol. The van der Waals surface area contributed by atoms with Crippen LogP contribution in [0.5, 0.6) is 5.75 Å². The number of alkyl halides is 3. The van der Waals surface area contributed by atoms with Crippen molar-refractivity contribution in [2.24, 2.45) is 0 Å². The van der Waals surface area contributed by atoms with Gasteiger partial charge in [0, 0.05) is 6.20 Å². The maximum absolute atomic E-state index is 13.6. The molecule has 0 saturated heterocycles. The predicted octanol–water partition coefficient (Wildman–Crippen LogP) is 3.85. The van der Waals surface area contributed by atoms with E-state index in [1.54, 1.807) is 12.1 Å². The van der Waals surface area contributed by atoms with Crippen molar-refractivity contribution in [3.05, 3.63) is 64.2 Å². The first-order valence-electron chi connectivity index (χ1n) is 8.08. The Hall–Kier alpha value is -3.34. The lowest BCUT2D eigenvalue weighted by Crippen LogP contribution is -2.24. The van der Waals surface area contributed by atoms with Gasteiger partial charge in [-0.05, 0) is 41.8 Å². The van der Waals surface area contributed by atoms with Gasteiger partial charge in [-0.1, -0.05) is 19.1 Å². The molecule has 0 radical (unpaired) electrons. The number of nitriles is 1. The third-order valence-corrected chi connectivity index (χ3v) is 4.02. The molecule has 0 bridgehead atoms. The molecule has 1 aromatic carbocycles. The fourth-order valence-electron chi connectivity index (χ4n) is 2.70. The summed E-state index contributed by atoms with van der Waals surface area (Å²) in [5, 5.41) is 8.51. The highest BCUT2D eigenvalue weighted by molar-refractivity contribution is 5.68. The Kier molecular flexibility index (Phi) is 4.86. The minimum Gasteiger partial charge on any atom is -0.479 e. The van der Waals surface area contributed by atoms with Gasteiger partial charge in [0.2, 0.25) is 0 Å². The van der Waals surface area contributed by atoms with E-state index < -0.39 is 23.0 Å². The van der Waals surface area contributed by atoms with Crippen LogP contribution in [0.4, 0.5) is 13.2 Å². The van der Waals surface area contributed by atoms with Gasteiger partial charge in [-0.2, -0.15) is 18.4 Å². The SMILES string of the molecule is CCc1ccn2c(=O)c(-c3ccc(OCC#N)cc3)c(C(F)(F)F)nc2c1. The van der Waals surface area contributed by atoms with Crippen molar-refractivity contribution in [3.8, 4) is 22.9 Å². The molecule has 0 aliphatic carbocycles. The molecule has 0 amide bonds. The van der Waals surface area contributed by atoms with E-state index in [0.717, 1.165) is 9.96 Å². The molecular weight excluding hydrogens is 359 g/mol. The van der Waals surface area contributed by atoms with E-state index >= 15 is 0 Å². The van der Waals surface area contributed by atoms with Crippen molar-refractivity contribution < 1.29 is 17.9 Å². The van der Waals surface area contributed by atoms with Gasteiger partial charge in [-0.25, -0.2) is 4.98 Å². The number of rotatable bonds is 4. The van der Waals surface area contributed by atoms with Crippen molar-refractivity contribution in [1.82, 2.24) is 9.38 Å². The van der Waals surface area contributed by atoms with E-state index in [1.807, 2.05) is 6.92 Å². The van der Waals surface area contributed by atoms with E-state index in [0.29, 0.717) is 12.2 Å². The molecule has 0 aliphatic heterocycles. The van der Waals surface area contributed by atoms with Crippen LogP contribution in [0.3, 0.4) is 0 Å². The number of aryl methyl sites for hydroxylation is 1. The Labute approximate surface area is 152 Å². The van der Waals surface area contributed by atoms with E-state index in [4.69, 9.17) is 10.00 Å². The van der Waals surface area contributed by atoms with Crippen LogP contribution in [-0.2, 0) is 12.6 Å². The zero-order valence-corrected chi connectivity index (χ0v) is 14.2. The molecule has 3 aromatic rings. The first-order chi connectivity index (χ1) is 12.8. The number of ether oxygens (including phenoxy) is 1. The number of aromatic nitrogens is 2. The summed E-state index contributed by atoms with van der Waals surface area (Å²) in [6.45, 7) is 1.67. The van der Waals surface area contributed by atoms with Gasteiger partial charge < -0.3 is 4.74 Å². The maximum Gasteiger partial charge on any atom is 0.434 e. The van der Waals surface area contributed by atoms with Crippen LogP contribution in [0.1, 0.15) is 18.2 Å². The van der Waals surface area contributed by atoms with Gasteiger partial charge >= 0.3 is 6.18 Å². The topological polar surface area (TPSA) is 67.4 Å². The molecule has 0 atom stereocenters. The fraction of sp³-hybridized carbons (Fsp3) is 0.211. The summed E-state index contributed by atoms with van der Waals surface area (Å²) in [4.78, 5) is 16.5. The van der Waals surface area contributed by atoms with Crippen molar-refractivity contribution in [1.29, 1.82) is 5.26 Å². The molecule has 0 fully saturated rings. The first-order valence-corrected chi connectivity index (χ1v) is 8.08. The highest BCUT2D eigenvalue weighted by Gasteiger charge is 2.38. The number of hydrogen-bond donors (Lipinski definition) is 0. The van der Waals surface area contributed by atoms with Crippen LogP contribution in [0.2, 0.25) is 0 Å². The number of halogens is 3. The molecule has 0 N–H and O–H groups in total. The molecular formula is C19H14F3N3O2. The maximum atomic E-state index is 13.6. The highest BCUT2D eigenvalue weighted by atomic mass is 19.4. The summed E-state index contributed by atoms with van der Waals surface area (Å²) in [5.74, 6) is 0.315. The van der Waals surface area contributed by atoms with E-state index in [9.17, 15) is 18.0 Å². The molecule has 0 aliphatic rings. The number of pyridine rings is 1. The summed E-state index contributed by atoms with van der Waals surface area (Å²) in [6, 6.07) is 10.4. The van der Waals surface area contributed by atoms with Crippen LogP contribution in [0, 0.1) is 11.3 Å². The molecule has 138 valence electrons. The van der Waals surface area contributed by atoms with E-state index in [2.05, 4.69) is 4.98 Å². The van der Waals surface area contributed by atoms with Gasteiger partial charge in [0.1, 0.15) is 17.5 Å². The quantitative estimate of drug-likeness (QED) is 0.697. The van der Waals surface area contributed by atoms with Crippen LogP contribution >= 0.6 is 0 Å². The normalized spacial score (nSPS) is 11.4. The second-order valence-electron chi connectivity index (χ2n) is 5.73. The standard InChI is InChI=1S/C19H14F3N3O2/c1-2-12-7-9-25-15(11-12)24-17(19(20,21)22)16(18(25)26)13-3-5-14(6-4-13)27-10-8-23/h3-7,9,11H,2,10H2,1H3. The van der Waals surface area contributed by atoms with Crippen molar-refractivity contribution >= 4 is 5.65 Å². The Bertz CT molecular complexity index is 1080. The van der Waals surface area contributed by atoms with Crippen LogP contribution in [0.15, 0.2) is 47.4 Å². The van der Waals surface area contributed by atoms with Crippen LogP contribution in [0.25, 0.3) is 16.8 Å². The smallest absolute Gasteiger partial charge is 0.434 e. The van der Waals surface area contributed by atoms with Gasteiger partial charge in [0.15, 0.2) is 12.3 Å². The highest BCUT2D eigenvalue weighted by Crippen LogP contribution is 2.34. The molecule has 27 heavy (non-hydrogen) atoms. The Morgan fingerprint density at radius 2 is 1.93 bits per heavy atom. The van der Waals surface area contributed by atoms with Crippen molar-refractivity contribution in [2.75, 3.05) is 6.61 Å². The number of benzene rings is 1. The minimum absolute atomic E-state index is 0.0515. The molecule has 5 nitrogen and oxygen atoms in total. The van der Waals surface area contributed by atoms with Crippen molar-refractivity contribution in [2.45, 2.75) is 19.5 Å². The molecule has 2 aromatic heterocycles. The van der Waals surface area contributed by atoms with Crippen LogP contribution in [-0.4, -0.2) is 16.0 Å². The Morgan fingerprint density at radius 1 is 1.22 bits per heavy atom. The third kappa shape index (κ3) is 3.62. The lowest BCUT2D eigenvalue weighted by Gasteiger charge is -2.14. The predicted molar refractivity (Wildman–Crippen MR) is 92.4 cm³/mol. The lowest BCUT2D eigenvalue weighted by molar-refractivity contribution is -0.140. The summed E-state index contributed by atoms with van der Waals surface area (Å²) in [6.07, 6.45) is -2.75. The Morgan fingerprint density at radius 3 is 2.52 bits per heavy atom. The molecule has 0 unspecified atom stereocenters. The zero-order chi connectivity index (χ0) is 19.6. The molecule has 2 heterocycles. The minimum atomic E-state index is -4.79. The second kappa shape index (κ2) is 7.11. The average Bonchev–Trinajstić information content (AvgIpc) is 2.65. The fourth-order valence-corrected chi connectivity index (χ4v) is 2.70. The summed E-state index contributed by atoms with van der Waals surface area (Å²) in [5.41, 5.74) is -1.77. The number of fused-ring (bicyclic) bond motifs is 1. The Balaban J connectivity index is 2.23. The molecule has 3 rings (SSSR count). The van der Waals surface area contributed by atoms with Gasteiger partial charge in [-0.15, -0.1) is 0 Å². The first kappa shape index (κ1) is 18.5. The largest absolute Gasteiger partial charge is 0.479 e. The van der Waals surface area contributed by atoms with Gasteiger partial charge in [0.25, 0.3) is 5.56 Å². The van der Waals surface area contributed by atoms with Gasteiger partial charge in [-0.3, -0.25) is 9.20 Å². The van der Waals surface area contributed by atoms with Crippen LogP contribution < -0.4 is 10.3 Å². The summed E-state index contributed by atoms with van der Waals surface area (Å²) >= 11 is 0. The van der Waals surface area contributed by atoms with Crippen molar-refractivity contribution in [3.63, 3.8) is 0 Å². The lowest BCUT2D eigenvalue weighted by atomic mass is 10.0. The second-order valence-corrected chi connectivity index (χ2v) is 5.73. The summed E-state index contributed by atoms with van der Waals surface area (Å²) in [7, 11) is 0.